The van der Waals surface area contributed by atoms with Gasteiger partial charge in [0.15, 0.2) is 0 Å². The highest BCUT2D eigenvalue weighted by atomic mass is 16.3. The van der Waals surface area contributed by atoms with Gasteiger partial charge in [-0.1, -0.05) is 12.1 Å². The van der Waals surface area contributed by atoms with E-state index in [1.165, 1.54) is 0 Å². The average Bonchev–Trinajstić information content (AvgIpc) is 2.30. The van der Waals surface area contributed by atoms with E-state index in [2.05, 4.69) is 18.7 Å². The highest BCUT2D eigenvalue weighted by Gasteiger charge is 2.17. The molecule has 0 saturated carbocycles. The lowest BCUT2D eigenvalue weighted by Crippen LogP contribution is -2.34. The van der Waals surface area contributed by atoms with Crippen LogP contribution in [0.25, 0.3) is 0 Å². The van der Waals surface area contributed by atoms with Gasteiger partial charge in [0.05, 0.1) is 5.69 Å². The number of anilines is 1. The number of nitrogens with two attached hydrogens (primary N) is 1. The number of nitrogens with zero attached hydrogens (tertiary/aromatic N) is 1. The van der Waals surface area contributed by atoms with E-state index >= 15 is 0 Å². The van der Waals surface area contributed by atoms with Crippen LogP contribution in [0.15, 0.2) is 18.2 Å². The summed E-state index contributed by atoms with van der Waals surface area (Å²) in [7, 11) is 0. The van der Waals surface area contributed by atoms with Gasteiger partial charge in [-0.25, -0.2) is 0 Å². The van der Waals surface area contributed by atoms with Gasteiger partial charge in [0.25, 0.3) is 0 Å². The van der Waals surface area contributed by atoms with Crippen LogP contribution in [0.1, 0.15) is 31.4 Å². The Bertz CT molecular complexity index is 416. The maximum absolute atomic E-state index is 9.00. The minimum absolute atomic E-state index is 0.0864. The molecule has 0 amide bonds. The van der Waals surface area contributed by atoms with Gasteiger partial charge in [-0.15, -0.1) is 0 Å². The number of aliphatic hydroxyl groups excluding tert-OH is 1. The molecule has 1 aromatic rings. The minimum Gasteiger partial charge on any atom is -0.396 e. The highest BCUT2D eigenvalue weighted by Crippen LogP contribution is 2.26. The highest BCUT2D eigenvalue weighted by molar-refractivity contribution is 6.01. The molecule has 1 aromatic carbocycles. The van der Waals surface area contributed by atoms with Crippen LogP contribution in [0.5, 0.6) is 0 Å². The summed E-state index contributed by atoms with van der Waals surface area (Å²) in [4.78, 5) is 2.20. The Morgan fingerprint density at radius 2 is 2.11 bits per heavy atom. The summed E-state index contributed by atoms with van der Waals surface area (Å²) in [6.07, 6.45) is 0.712. The Hall–Kier alpha value is -1.55. The van der Waals surface area contributed by atoms with E-state index in [0.29, 0.717) is 12.5 Å². The molecule has 0 aliphatic heterocycles. The lowest BCUT2D eigenvalue weighted by atomic mass is 10.0. The fourth-order valence-corrected chi connectivity index (χ4v) is 2.13. The Morgan fingerprint density at radius 1 is 1.44 bits per heavy atom. The van der Waals surface area contributed by atoms with Crippen LogP contribution < -0.4 is 10.6 Å². The van der Waals surface area contributed by atoms with Crippen molar-refractivity contribution >= 4 is 11.5 Å². The molecule has 4 nitrogen and oxygen atoms in total. The molecule has 0 aromatic heterocycles. The SMILES string of the molecule is Cc1cccc(C(=N)N)c1N(CCCO)C(C)C. The Balaban J connectivity index is 3.21. The number of para-hydroxylation sites is 1. The monoisotopic (exact) mass is 249 g/mol. The average molecular weight is 249 g/mol. The van der Waals surface area contributed by atoms with Crippen LogP contribution in [-0.4, -0.2) is 30.1 Å². The molecule has 0 fully saturated rings. The van der Waals surface area contributed by atoms with Crippen molar-refractivity contribution < 1.29 is 5.11 Å². The van der Waals surface area contributed by atoms with Gasteiger partial charge in [-0.05, 0) is 38.8 Å². The van der Waals surface area contributed by atoms with Crippen molar-refractivity contribution in [3.8, 4) is 0 Å². The number of nitrogens with one attached hydrogen (secondary N) is 1. The second-order valence-electron chi connectivity index (χ2n) is 4.75. The van der Waals surface area contributed by atoms with E-state index in [0.717, 1.165) is 23.4 Å². The zero-order valence-corrected chi connectivity index (χ0v) is 11.4. The molecule has 0 aliphatic rings. The summed E-state index contributed by atoms with van der Waals surface area (Å²) in [5.74, 6) is 0.0864. The van der Waals surface area contributed by atoms with E-state index in [1.807, 2.05) is 25.1 Å². The lowest BCUT2D eigenvalue weighted by molar-refractivity contribution is 0.288. The summed E-state index contributed by atoms with van der Waals surface area (Å²) >= 11 is 0. The first-order valence-corrected chi connectivity index (χ1v) is 6.30. The van der Waals surface area contributed by atoms with Gasteiger partial charge < -0.3 is 15.7 Å². The lowest BCUT2D eigenvalue weighted by Gasteiger charge is -2.32. The molecule has 0 atom stereocenters. The molecule has 0 spiro atoms. The Morgan fingerprint density at radius 3 is 2.61 bits per heavy atom. The predicted molar refractivity (Wildman–Crippen MR) is 76.4 cm³/mol. The molecule has 0 unspecified atom stereocenters. The summed E-state index contributed by atoms with van der Waals surface area (Å²) in [5, 5.41) is 16.7. The topological polar surface area (TPSA) is 73.3 Å². The number of hydrogen-bond acceptors (Lipinski definition) is 3. The third kappa shape index (κ3) is 3.23. The number of benzene rings is 1. The van der Waals surface area contributed by atoms with Crippen molar-refractivity contribution in [2.45, 2.75) is 33.2 Å². The second-order valence-corrected chi connectivity index (χ2v) is 4.75. The van der Waals surface area contributed by atoms with Crippen molar-refractivity contribution in [3.05, 3.63) is 29.3 Å². The molecule has 1 rings (SSSR count). The van der Waals surface area contributed by atoms with Crippen LogP contribution in [0.2, 0.25) is 0 Å². The molecule has 0 bridgehead atoms. The predicted octanol–water partition coefficient (Wildman–Crippen LogP) is 1.88. The molecule has 100 valence electrons. The van der Waals surface area contributed by atoms with E-state index in [1.54, 1.807) is 0 Å². The van der Waals surface area contributed by atoms with Crippen LogP contribution in [-0.2, 0) is 0 Å². The maximum Gasteiger partial charge on any atom is 0.124 e. The van der Waals surface area contributed by atoms with E-state index < -0.39 is 0 Å². The summed E-state index contributed by atoms with van der Waals surface area (Å²) in [6.45, 7) is 7.17. The fourth-order valence-electron chi connectivity index (χ4n) is 2.13. The van der Waals surface area contributed by atoms with Crippen LogP contribution in [0, 0.1) is 12.3 Å². The van der Waals surface area contributed by atoms with Gasteiger partial charge in [-0.2, -0.15) is 0 Å². The molecule has 0 saturated heterocycles. The molecule has 4 heteroatoms. The van der Waals surface area contributed by atoms with Crippen molar-refractivity contribution in [2.24, 2.45) is 5.73 Å². The molecular formula is C14H23N3O. The summed E-state index contributed by atoms with van der Waals surface area (Å²) < 4.78 is 0. The minimum atomic E-state index is 0.0864. The van der Waals surface area contributed by atoms with Gasteiger partial charge in [0, 0.05) is 24.8 Å². The van der Waals surface area contributed by atoms with Crippen LogP contribution in [0.3, 0.4) is 0 Å². The number of aliphatic hydroxyl groups is 1. The molecule has 0 radical (unpaired) electrons. The fraction of sp³-hybridized carbons (Fsp3) is 0.500. The van der Waals surface area contributed by atoms with E-state index in [4.69, 9.17) is 16.2 Å². The normalized spacial score (nSPS) is 10.7. The van der Waals surface area contributed by atoms with E-state index in [9.17, 15) is 0 Å². The summed E-state index contributed by atoms with van der Waals surface area (Å²) in [6, 6.07) is 6.12. The molecule has 0 aliphatic carbocycles. The first-order valence-electron chi connectivity index (χ1n) is 6.30. The van der Waals surface area contributed by atoms with Crippen molar-refractivity contribution in [1.82, 2.24) is 0 Å². The van der Waals surface area contributed by atoms with Crippen LogP contribution in [0.4, 0.5) is 5.69 Å². The smallest absolute Gasteiger partial charge is 0.124 e. The largest absolute Gasteiger partial charge is 0.396 e. The Labute approximate surface area is 109 Å². The number of amidine groups is 1. The quantitative estimate of drug-likeness (QED) is 0.532. The number of aryl methyl sites for hydroxylation is 1. The Kier molecular flexibility index (Phi) is 5.16. The van der Waals surface area contributed by atoms with Crippen molar-refractivity contribution in [3.63, 3.8) is 0 Å². The third-order valence-electron chi connectivity index (χ3n) is 3.00. The van der Waals surface area contributed by atoms with Crippen molar-refractivity contribution in [1.29, 1.82) is 5.41 Å². The summed E-state index contributed by atoms with van der Waals surface area (Å²) in [5.41, 5.74) is 8.54. The number of hydrogen-bond donors (Lipinski definition) is 3. The molecule has 18 heavy (non-hydrogen) atoms. The molecule has 4 N–H and O–H groups in total. The second kappa shape index (κ2) is 6.40. The zero-order valence-electron chi connectivity index (χ0n) is 11.4. The van der Waals surface area contributed by atoms with Gasteiger partial charge in [-0.3, -0.25) is 5.41 Å². The van der Waals surface area contributed by atoms with Gasteiger partial charge >= 0.3 is 0 Å². The van der Waals surface area contributed by atoms with Crippen LogP contribution >= 0.6 is 0 Å². The number of rotatable bonds is 6. The van der Waals surface area contributed by atoms with Crippen molar-refractivity contribution in [2.75, 3.05) is 18.1 Å². The van der Waals surface area contributed by atoms with Gasteiger partial charge in [0.2, 0.25) is 0 Å². The first-order chi connectivity index (χ1) is 8.49. The first kappa shape index (κ1) is 14.5. The maximum atomic E-state index is 9.00. The zero-order chi connectivity index (χ0) is 13.7. The standard InChI is InChI=1S/C14H23N3O/c1-10(2)17(8-5-9-18)13-11(3)6-4-7-12(13)14(15)16/h4,6-7,10,18H,5,8-9H2,1-3H3,(H3,15,16). The van der Waals surface area contributed by atoms with E-state index in [-0.39, 0.29) is 12.4 Å². The molecular weight excluding hydrogens is 226 g/mol. The number of nitrogen functional groups attached to an aromatic ring is 1. The van der Waals surface area contributed by atoms with Gasteiger partial charge in [0.1, 0.15) is 5.84 Å². The molecule has 0 heterocycles. The third-order valence-corrected chi connectivity index (χ3v) is 3.00.